The average Bonchev–Trinajstić information content (AvgIpc) is 2.99. The summed E-state index contributed by atoms with van der Waals surface area (Å²) in [5.74, 6) is 0.964. The molecule has 0 aliphatic carbocycles. The molecule has 2 N–H and O–H groups in total. The number of nitrogens with zero attached hydrogens (tertiary/aromatic N) is 1. The number of fused-ring (bicyclic) bond motifs is 1. The highest BCUT2D eigenvalue weighted by molar-refractivity contribution is 7.10. The molecule has 1 aromatic heterocycles. The first-order valence-electron chi connectivity index (χ1n) is 7.55. The van der Waals surface area contributed by atoms with E-state index in [1.165, 1.54) is 17.5 Å². The van der Waals surface area contributed by atoms with Crippen molar-refractivity contribution < 1.29 is 4.74 Å². The van der Waals surface area contributed by atoms with E-state index in [4.69, 9.17) is 10.5 Å². The molecule has 112 valence electrons. The molecule has 0 unspecified atom stereocenters. The molecule has 21 heavy (non-hydrogen) atoms. The molecule has 0 spiro atoms. The molecule has 1 aliphatic rings. The molecule has 2 aromatic rings. The second-order valence-corrected chi connectivity index (χ2v) is 6.41. The van der Waals surface area contributed by atoms with E-state index in [1.54, 1.807) is 11.3 Å². The van der Waals surface area contributed by atoms with E-state index < -0.39 is 0 Å². The van der Waals surface area contributed by atoms with Crippen LogP contribution in [0.4, 0.5) is 0 Å². The summed E-state index contributed by atoms with van der Waals surface area (Å²) in [6, 6.07) is 10.8. The van der Waals surface area contributed by atoms with Crippen molar-refractivity contribution in [3.63, 3.8) is 0 Å². The lowest BCUT2D eigenvalue weighted by Gasteiger charge is -2.28. The normalized spacial score (nSPS) is 14.9. The summed E-state index contributed by atoms with van der Waals surface area (Å²) in [4.78, 5) is 3.66. The van der Waals surface area contributed by atoms with E-state index in [2.05, 4.69) is 29.2 Å². The summed E-state index contributed by atoms with van der Waals surface area (Å²) in [5.41, 5.74) is 8.67. The molecular weight excluding hydrogens is 280 g/mol. The first kappa shape index (κ1) is 14.6. The summed E-state index contributed by atoms with van der Waals surface area (Å²) >= 11 is 1.67. The molecule has 0 amide bonds. The standard InChI is InChI=1S/C17H22N2OS/c18-12-17-16(7-11-21-17)20-10-3-8-19-9-6-14-4-1-2-5-15(14)13-19/h1-2,4-5,7,11H,3,6,8-10,12-13,18H2. The maximum atomic E-state index is 5.83. The van der Waals surface area contributed by atoms with Gasteiger partial charge in [0.2, 0.25) is 0 Å². The van der Waals surface area contributed by atoms with Crippen LogP contribution in [0.3, 0.4) is 0 Å². The minimum absolute atomic E-state index is 0.565. The fourth-order valence-corrected chi connectivity index (χ4v) is 3.52. The van der Waals surface area contributed by atoms with Gasteiger partial charge in [0, 0.05) is 26.2 Å². The highest BCUT2D eigenvalue weighted by atomic mass is 32.1. The molecule has 0 bridgehead atoms. The van der Waals surface area contributed by atoms with Crippen LogP contribution in [0.2, 0.25) is 0 Å². The van der Waals surface area contributed by atoms with Gasteiger partial charge in [-0.3, -0.25) is 4.90 Å². The quantitative estimate of drug-likeness (QED) is 0.834. The van der Waals surface area contributed by atoms with Crippen LogP contribution in [0.15, 0.2) is 35.7 Å². The third-order valence-corrected chi connectivity index (χ3v) is 4.90. The second kappa shape index (κ2) is 7.07. The first-order chi connectivity index (χ1) is 10.4. The SMILES string of the molecule is NCc1sccc1OCCCN1CCc2ccccc2C1. The Morgan fingerprint density at radius 3 is 2.90 bits per heavy atom. The van der Waals surface area contributed by atoms with Gasteiger partial charge >= 0.3 is 0 Å². The molecule has 0 saturated carbocycles. The Kier molecular flexibility index (Phi) is 4.91. The molecule has 0 fully saturated rings. The molecule has 1 aromatic carbocycles. The maximum absolute atomic E-state index is 5.83. The lowest BCUT2D eigenvalue weighted by molar-refractivity contribution is 0.220. The van der Waals surface area contributed by atoms with Crippen LogP contribution in [-0.4, -0.2) is 24.6 Å². The van der Waals surface area contributed by atoms with Crippen molar-refractivity contribution >= 4 is 11.3 Å². The number of nitrogens with two attached hydrogens (primary N) is 1. The Hall–Kier alpha value is -1.36. The number of hydrogen-bond acceptors (Lipinski definition) is 4. The highest BCUT2D eigenvalue weighted by Crippen LogP contribution is 2.24. The van der Waals surface area contributed by atoms with Crippen LogP contribution in [0, 0.1) is 0 Å². The topological polar surface area (TPSA) is 38.5 Å². The molecular formula is C17H22N2OS. The van der Waals surface area contributed by atoms with Gasteiger partial charge in [0.05, 0.1) is 11.5 Å². The van der Waals surface area contributed by atoms with Gasteiger partial charge in [-0.15, -0.1) is 11.3 Å². The second-order valence-electron chi connectivity index (χ2n) is 5.41. The molecule has 0 saturated heterocycles. The average molecular weight is 302 g/mol. The van der Waals surface area contributed by atoms with Gasteiger partial charge in [0.1, 0.15) is 5.75 Å². The van der Waals surface area contributed by atoms with E-state index in [0.717, 1.165) is 43.3 Å². The van der Waals surface area contributed by atoms with Crippen LogP contribution in [0.5, 0.6) is 5.75 Å². The van der Waals surface area contributed by atoms with Crippen molar-refractivity contribution in [1.29, 1.82) is 0 Å². The van der Waals surface area contributed by atoms with Crippen molar-refractivity contribution in [2.45, 2.75) is 25.9 Å². The molecule has 3 nitrogen and oxygen atoms in total. The zero-order chi connectivity index (χ0) is 14.5. The van der Waals surface area contributed by atoms with Gasteiger partial charge < -0.3 is 10.5 Å². The van der Waals surface area contributed by atoms with Gasteiger partial charge in [0.25, 0.3) is 0 Å². The van der Waals surface area contributed by atoms with Crippen LogP contribution in [-0.2, 0) is 19.5 Å². The maximum Gasteiger partial charge on any atom is 0.134 e. The predicted molar refractivity (Wildman–Crippen MR) is 87.7 cm³/mol. The van der Waals surface area contributed by atoms with Gasteiger partial charge in [0.15, 0.2) is 0 Å². The van der Waals surface area contributed by atoms with Crippen LogP contribution in [0.1, 0.15) is 22.4 Å². The van der Waals surface area contributed by atoms with E-state index in [9.17, 15) is 0 Å². The van der Waals surface area contributed by atoms with Gasteiger partial charge in [-0.05, 0) is 35.4 Å². The van der Waals surface area contributed by atoms with Gasteiger partial charge in [-0.1, -0.05) is 24.3 Å². The summed E-state index contributed by atoms with van der Waals surface area (Å²) in [7, 11) is 0. The monoisotopic (exact) mass is 302 g/mol. The predicted octanol–water partition coefficient (Wildman–Crippen LogP) is 3.03. The van der Waals surface area contributed by atoms with Crippen LogP contribution < -0.4 is 10.5 Å². The molecule has 0 atom stereocenters. The largest absolute Gasteiger partial charge is 0.492 e. The summed E-state index contributed by atoms with van der Waals surface area (Å²) in [5, 5.41) is 2.04. The molecule has 1 aliphatic heterocycles. The number of hydrogen-bond donors (Lipinski definition) is 1. The van der Waals surface area contributed by atoms with Crippen molar-refractivity contribution in [2.75, 3.05) is 19.7 Å². The minimum Gasteiger partial charge on any atom is -0.492 e. The molecule has 4 heteroatoms. The number of ether oxygens (including phenoxy) is 1. The summed E-state index contributed by atoms with van der Waals surface area (Å²) in [6.45, 7) is 4.65. The van der Waals surface area contributed by atoms with Gasteiger partial charge in [-0.25, -0.2) is 0 Å². The van der Waals surface area contributed by atoms with E-state index in [1.807, 2.05) is 11.4 Å². The molecule has 2 heterocycles. The Morgan fingerprint density at radius 1 is 1.19 bits per heavy atom. The minimum atomic E-state index is 0.565. The van der Waals surface area contributed by atoms with Gasteiger partial charge in [-0.2, -0.15) is 0 Å². The summed E-state index contributed by atoms with van der Waals surface area (Å²) < 4.78 is 5.83. The van der Waals surface area contributed by atoms with Crippen molar-refractivity contribution in [1.82, 2.24) is 4.90 Å². The fraction of sp³-hybridized carbons (Fsp3) is 0.412. The fourth-order valence-electron chi connectivity index (χ4n) is 2.82. The van der Waals surface area contributed by atoms with E-state index in [0.29, 0.717) is 6.54 Å². The zero-order valence-electron chi connectivity index (χ0n) is 12.3. The third-order valence-electron chi connectivity index (χ3n) is 3.98. The van der Waals surface area contributed by atoms with Crippen LogP contribution in [0.25, 0.3) is 0 Å². The lowest BCUT2D eigenvalue weighted by atomic mass is 10.00. The Balaban J connectivity index is 1.43. The number of rotatable bonds is 6. The Morgan fingerprint density at radius 2 is 2.05 bits per heavy atom. The van der Waals surface area contributed by atoms with E-state index in [-0.39, 0.29) is 0 Å². The van der Waals surface area contributed by atoms with E-state index >= 15 is 0 Å². The molecule has 3 rings (SSSR count). The molecule has 0 radical (unpaired) electrons. The smallest absolute Gasteiger partial charge is 0.134 e. The lowest BCUT2D eigenvalue weighted by Crippen LogP contribution is -2.32. The zero-order valence-corrected chi connectivity index (χ0v) is 13.1. The number of benzene rings is 1. The highest BCUT2D eigenvalue weighted by Gasteiger charge is 2.15. The van der Waals surface area contributed by atoms with Crippen molar-refractivity contribution in [3.05, 3.63) is 51.7 Å². The van der Waals surface area contributed by atoms with Crippen molar-refractivity contribution in [3.8, 4) is 5.75 Å². The Bertz CT molecular complexity index is 582. The van der Waals surface area contributed by atoms with Crippen LogP contribution >= 0.6 is 11.3 Å². The summed E-state index contributed by atoms with van der Waals surface area (Å²) in [6.07, 6.45) is 2.22. The number of thiophene rings is 1. The van der Waals surface area contributed by atoms with Crippen molar-refractivity contribution in [2.24, 2.45) is 5.73 Å². The third kappa shape index (κ3) is 3.64. The Labute approximate surface area is 130 Å². The first-order valence-corrected chi connectivity index (χ1v) is 8.43.